The lowest BCUT2D eigenvalue weighted by atomic mass is 9.92. The van der Waals surface area contributed by atoms with Gasteiger partial charge in [0.25, 0.3) is 0 Å². The third-order valence-electron chi connectivity index (χ3n) is 4.96. The van der Waals surface area contributed by atoms with Crippen LogP contribution in [0, 0.1) is 5.92 Å². The number of aliphatic hydroxyl groups excluding tert-OH is 1. The molecule has 3 rings (SSSR count). The van der Waals surface area contributed by atoms with Crippen molar-refractivity contribution in [3.8, 4) is 11.1 Å². The van der Waals surface area contributed by atoms with Gasteiger partial charge < -0.3 is 15.2 Å². The molecule has 0 fully saturated rings. The lowest BCUT2D eigenvalue weighted by Gasteiger charge is -2.30. The van der Waals surface area contributed by atoms with E-state index in [1.807, 2.05) is 31.2 Å². The summed E-state index contributed by atoms with van der Waals surface area (Å²) < 4.78 is 5.56. The fourth-order valence-electron chi connectivity index (χ4n) is 3.94. The van der Waals surface area contributed by atoms with E-state index < -0.39 is 11.6 Å². The molecular weight excluding hydrogens is 326 g/mol. The van der Waals surface area contributed by atoms with Gasteiger partial charge in [0.2, 0.25) is 0 Å². The van der Waals surface area contributed by atoms with Crippen LogP contribution in [0.15, 0.2) is 48.5 Å². The summed E-state index contributed by atoms with van der Waals surface area (Å²) in [4.78, 5) is 12.3. The van der Waals surface area contributed by atoms with E-state index in [4.69, 9.17) is 4.74 Å². The topological polar surface area (TPSA) is 58.6 Å². The second-order valence-corrected chi connectivity index (χ2v) is 7.77. The van der Waals surface area contributed by atoms with Gasteiger partial charge in [0.1, 0.15) is 6.61 Å². The number of fused-ring (bicyclic) bond motifs is 3. The highest BCUT2D eigenvalue weighted by molar-refractivity contribution is 5.79. The number of carbonyl (C=O) groups excluding carboxylic acids is 1. The quantitative estimate of drug-likeness (QED) is 0.813. The molecule has 0 spiro atoms. The van der Waals surface area contributed by atoms with E-state index >= 15 is 0 Å². The molecule has 0 bridgehead atoms. The SMILES string of the molecule is CC(C)C[C@@](C)(CO)NC(=O)OCC1c2ccccc2-c2ccccc21. The van der Waals surface area contributed by atoms with Crippen molar-refractivity contribution < 1.29 is 14.6 Å². The Kier molecular flexibility index (Phi) is 5.33. The molecule has 0 unspecified atom stereocenters. The average molecular weight is 353 g/mol. The zero-order chi connectivity index (χ0) is 18.7. The Morgan fingerprint density at radius 1 is 1.12 bits per heavy atom. The average Bonchev–Trinajstić information content (AvgIpc) is 2.93. The number of ether oxygens (including phenoxy) is 1. The van der Waals surface area contributed by atoms with Gasteiger partial charge in [-0.2, -0.15) is 0 Å². The van der Waals surface area contributed by atoms with E-state index in [1.54, 1.807) is 0 Å². The molecule has 26 heavy (non-hydrogen) atoms. The first-order valence-electron chi connectivity index (χ1n) is 9.17. The molecule has 2 aromatic rings. The summed E-state index contributed by atoms with van der Waals surface area (Å²) in [6.45, 7) is 6.13. The van der Waals surface area contributed by atoms with Crippen molar-refractivity contribution >= 4 is 6.09 Å². The van der Waals surface area contributed by atoms with Gasteiger partial charge in [0.15, 0.2) is 0 Å². The zero-order valence-electron chi connectivity index (χ0n) is 15.7. The maximum Gasteiger partial charge on any atom is 0.407 e. The number of nitrogens with one attached hydrogen (secondary N) is 1. The van der Waals surface area contributed by atoms with Crippen molar-refractivity contribution in [2.24, 2.45) is 5.92 Å². The Morgan fingerprint density at radius 2 is 1.65 bits per heavy atom. The van der Waals surface area contributed by atoms with Crippen molar-refractivity contribution in [1.29, 1.82) is 0 Å². The normalized spacial score (nSPS) is 15.3. The molecule has 1 amide bonds. The molecule has 4 nitrogen and oxygen atoms in total. The van der Waals surface area contributed by atoms with E-state index in [-0.39, 0.29) is 19.1 Å². The first-order valence-corrected chi connectivity index (χ1v) is 9.17. The molecule has 0 aromatic heterocycles. The number of rotatable bonds is 6. The summed E-state index contributed by atoms with van der Waals surface area (Å²) in [5, 5.41) is 12.5. The van der Waals surface area contributed by atoms with Crippen LogP contribution < -0.4 is 5.32 Å². The first-order chi connectivity index (χ1) is 12.4. The molecule has 1 aliphatic rings. The van der Waals surface area contributed by atoms with Gasteiger partial charge in [0, 0.05) is 5.92 Å². The molecule has 1 atom stereocenters. The molecule has 0 saturated heterocycles. The van der Waals surface area contributed by atoms with Crippen LogP contribution in [-0.4, -0.2) is 30.0 Å². The molecule has 4 heteroatoms. The summed E-state index contributed by atoms with van der Waals surface area (Å²) in [5.74, 6) is 0.402. The highest BCUT2D eigenvalue weighted by atomic mass is 16.5. The predicted molar refractivity (Wildman–Crippen MR) is 103 cm³/mol. The minimum Gasteiger partial charge on any atom is -0.449 e. The van der Waals surface area contributed by atoms with Crippen molar-refractivity contribution in [2.75, 3.05) is 13.2 Å². The van der Waals surface area contributed by atoms with Crippen LogP contribution in [0.2, 0.25) is 0 Å². The zero-order valence-corrected chi connectivity index (χ0v) is 15.7. The Labute approximate surface area is 155 Å². The largest absolute Gasteiger partial charge is 0.449 e. The van der Waals surface area contributed by atoms with Crippen molar-refractivity contribution in [3.05, 3.63) is 59.7 Å². The standard InChI is InChI=1S/C22H27NO3/c1-15(2)12-22(3,14-24)23-21(25)26-13-20-18-10-6-4-8-16(18)17-9-5-7-11-19(17)20/h4-11,15,20,24H,12-14H2,1-3H3,(H,23,25)/t22-/m0/s1. The van der Waals surface area contributed by atoms with Crippen molar-refractivity contribution in [2.45, 2.75) is 38.6 Å². The number of benzene rings is 2. The van der Waals surface area contributed by atoms with Crippen LogP contribution in [0.4, 0.5) is 4.79 Å². The maximum absolute atomic E-state index is 12.3. The van der Waals surface area contributed by atoms with Gasteiger partial charge >= 0.3 is 6.09 Å². The number of amides is 1. The van der Waals surface area contributed by atoms with Crippen LogP contribution in [-0.2, 0) is 4.74 Å². The van der Waals surface area contributed by atoms with E-state index in [9.17, 15) is 9.90 Å². The number of hydrogen-bond donors (Lipinski definition) is 2. The van der Waals surface area contributed by atoms with E-state index in [1.165, 1.54) is 22.3 Å². The lowest BCUT2D eigenvalue weighted by Crippen LogP contribution is -2.50. The third kappa shape index (κ3) is 3.75. The van der Waals surface area contributed by atoms with Crippen LogP contribution in [0.25, 0.3) is 11.1 Å². The molecule has 2 N–H and O–H groups in total. The molecule has 2 aromatic carbocycles. The van der Waals surface area contributed by atoms with Crippen LogP contribution >= 0.6 is 0 Å². The van der Waals surface area contributed by atoms with Gasteiger partial charge in [0.05, 0.1) is 12.1 Å². The number of aliphatic hydroxyl groups is 1. The van der Waals surface area contributed by atoms with E-state index in [0.717, 1.165) is 0 Å². The smallest absolute Gasteiger partial charge is 0.407 e. The van der Waals surface area contributed by atoms with Crippen LogP contribution in [0.1, 0.15) is 44.2 Å². The third-order valence-corrected chi connectivity index (χ3v) is 4.96. The lowest BCUT2D eigenvalue weighted by molar-refractivity contribution is 0.106. The fourth-order valence-corrected chi connectivity index (χ4v) is 3.94. The molecule has 0 radical (unpaired) electrons. The molecule has 1 aliphatic carbocycles. The monoisotopic (exact) mass is 353 g/mol. The minimum atomic E-state index is -0.670. The summed E-state index contributed by atoms with van der Waals surface area (Å²) in [7, 11) is 0. The van der Waals surface area contributed by atoms with Crippen molar-refractivity contribution in [1.82, 2.24) is 5.32 Å². The van der Waals surface area contributed by atoms with Gasteiger partial charge in [-0.15, -0.1) is 0 Å². The molecule has 0 heterocycles. The summed E-state index contributed by atoms with van der Waals surface area (Å²) in [6, 6.07) is 16.5. The number of alkyl carbamates (subject to hydrolysis) is 1. The second kappa shape index (κ2) is 7.50. The Balaban J connectivity index is 1.71. The molecule has 138 valence electrons. The highest BCUT2D eigenvalue weighted by Crippen LogP contribution is 2.44. The van der Waals surface area contributed by atoms with Gasteiger partial charge in [-0.3, -0.25) is 0 Å². The molecule has 0 aliphatic heterocycles. The Hall–Kier alpha value is -2.33. The predicted octanol–water partition coefficient (Wildman–Crippen LogP) is 4.32. The summed E-state index contributed by atoms with van der Waals surface area (Å²) in [6.07, 6.45) is 0.206. The fraction of sp³-hybridized carbons (Fsp3) is 0.409. The van der Waals surface area contributed by atoms with Gasteiger partial charge in [-0.05, 0) is 41.5 Å². The maximum atomic E-state index is 12.3. The van der Waals surface area contributed by atoms with E-state index in [0.29, 0.717) is 12.3 Å². The number of hydrogen-bond acceptors (Lipinski definition) is 3. The Bertz CT molecular complexity index is 741. The van der Waals surface area contributed by atoms with E-state index in [2.05, 4.69) is 43.4 Å². The van der Waals surface area contributed by atoms with Gasteiger partial charge in [-0.25, -0.2) is 4.79 Å². The second-order valence-electron chi connectivity index (χ2n) is 7.77. The Morgan fingerprint density at radius 3 is 2.15 bits per heavy atom. The molecular formula is C22H27NO3. The van der Waals surface area contributed by atoms with Crippen LogP contribution in [0.3, 0.4) is 0 Å². The number of carbonyl (C=O) groups is 1. The van der Waals surface area contributed by atoms with Crippen molar-refractivity contribution in [3.63, 3.8) is 0 Å². The summed E-state index contributed by atoms with van der Waals surface area (Å²) in [5.41, 5.74) is 4.12. The molecule has 0 saturated carbocycles. The minimum absolute atomic E-state index is 0.0404. The summed E-state index contributed by atoms with van der Waals surface area (Å²) >= 11 is 0. The van der Waals surface area contributed by atoms with Crippen LogP contribution in [0.5, 0.6) is 0 Å². The highest BCUT2D eigenvalue weighted by Gasteiger charge is 2.31. The first kappa shape index (κ1) is 18.5. The van der Waals surface area contributed by atoms with Gasteiger partial charge in [-0.1, -0.05) is 62.4 Å².